The standard InChI is InChI=1S/C24H28ClN9O7S2/c1-10(22(37)38)41-32-15(14-18(25)43-24(27)31-14)19(35)30-16-20(36)34-17(23(39)40)11(9-42-21(16)34)7-33-6-3-13(12(26)8-33)29-5-4-28-2/h3,6,8,10,16,21,28H,4-5,7,9,26H2,1-2H3,(H5,27,30,31,35,37,38,39,40)/p+1/b32-15-/t10-,16?,21?/m0/s1. The summed E-state index contributed by atoms with van der Waals surface area (Å²) >= 11 is 8.27. The number of carbonyl (C=O) groups is 4. The molecule has 0 bridgehead atoms. The monoisotopic (exact) mass is 654 g/mol. The molecule has 1 saturated heterocycles. The summed E-state index contributed by atoms with van der Waals surface area (Å²) in [6.45, 7) is 2.78. The third-order valence-corrected chi connectivity index (χ3v) is 8.76. The fourth-order valence-corrected chi connectivity index (χ4v) is 6.47. The minimum absolute atomic E-state index is 0.00719. The van der Waals surface area contributed by atoms with E-state index in [1.54, 1.807) is 23.0 Å². The molecule has 4 heterocycles. The number of fused-ring (bicyclic) bond motifs is 1. The van der Waals surface area contributed by atoms with E-state index in [-0.39, 0.29) is 33.2 Å². The van der Waals surface area contributed by atoms with Crippen LogP contribution in [0.4, 0.5) is 16.5 Å². The number of likely N-dealkylation sites (N-methyl/N-ethyl adjacent to an activating group) is 1. The number of nitrogens with one attached hydrogen (secondary N) is 3. The van der Waals surface area contributed by atoms with Gasteiger partial charge in [0.15, 0.2) is 29.8 Å². The van der Waals surface area contributed by atoms with Crippen molar-refractivity contribution >= 4 is 80.7 Å². The molecule has 2 aromatic rings. The van der Waals surface area contributed by atoms with E-state index in [1.807, 2.05) is 7.05 Å². The molecule has 2 aliphatic heterocycles. The summed E-state index contributed by atoms with van der Waals surface area (Å²) in [5.41, 5.74) is 12.7. The van der Waals surface area contributed by atoms with Gasteiger partial charge in [0.25, 0.3) is 11.8 Å². The Bertz CT molecular complexity index is 1520. The second-order valence-corrected chi connectivity index (χ2v) is 12.1. The topological polar surface area (TPSA) is 238 Å². The van der Waals surface area contributed by atoms with Crippen LogP contribution in [-0.4, -0.2) is 93.0 Å². The molecule has 9 N–H and O–H groups in total. The van der Waals surface area contributed by atoms with E-state index >= 15 is 0 Å². The van der Waals surface area contributed by atoms with Gasteiger partial charge in [-0.2, -0.15) is 4.57 Å². The molecule has 43 heavy (non-hydrogen) atoms. The lowest BCUT2D eigenvalue weighted by atomic mass is 10.0. The molecule has 2 unspecified atom stereocenters. The Morgan fingerprint density at radius 2 is 2.07 bits per heavy atom. The van der Waals surface area contributed by atoms with E-state index in [9.17, 15) is 24.3 Å². The minimum atomic E-state index is -1.41. The first-order chi connectivity index (χ1) is 20.4. The third kappa shape index (κ3) is 6.93. The van der Waals surface area contributed by atoms with Gasteiger partial charge in [0, 0.05) is 30.5 Å². The molecule has 2 aliphatic rings. The van der Waals surface area contributed by atoms with E-state index in [0.717, 1.165) is 28.5 Å². The number of nitrogens with two attached hydrogens (primary N) is 2. The zero-order valence-electron chi connectivity index (χ0n) is 22.9. The second-order valence-electron chi connectivity index (χ2n) is 9.33. The Balaban J connectivity index is 1.52. The molecule has 1 fully saturated rings. The van der Waals surface area contributed by atoms with Crippen LogP contribution in [0.5, 0.6) is 0 Å². The normalized spacial score (nSPS) is 18.9. The number of anilines is 3. The number of amides is 2. The van der Waals surface area contributed by atoms with Gasteiger partial charge >= 0.3 is 11.9 Å². The van der Waals surface area contributed by atoms with Crippen LogP contribution in [0.1, 0.15) is 12.6 Å². The van der Waals surface area contributed by atoms with Gasteiger partial charge in [-0.3, -0.25) is 14.5 Å². The number of nitrogens with zero attached hydrogens (tertiary/aromatic N) is 4. The Hall–Kier alpha value is -4.13. The number of nitrogen functional groups attached to an aromatic ring is 2. The van der Waals surface area contributed by atoms with E-state index in [4.69, 9.17) is 33.0 Å². The Morgan fingerprint density at radius 1 is 1.33 bits per heavy atom. The number of aliphatic carboxylic acids is 2. The molecule has 16 nitrogen and oxygen atoms in total. The minimum Gasteiger partial charge on any atom is -0.478 e. The number of pyridine rings is 1. The summed E-state index contributed by atoms with van der Waals surface area (Å²) in [6, 6.07) is 0.671. The SMILES string of the molecule is CNCCNc1cc[n+](CC2=C(C(=O)O)N3C(=O)C(NC(=O)/C(=N\O[C@@H](C)C(=O)O)c4nc(N)sc4Cl)C3SC2)cc1N. The zero-order chi connectivity index (χ0) is 31.4. The molecule has 19 heteroatoms. The predicted molar refractivity (Wildman–Crippen MR) is 159 cm³/mol. The number of aromatic nitrogens is 2. The number of carbonyl (C=O) groups excluding carboxylic acids is 2. The lowest BCUT2D eigenvalue weighted by Gasteiger charge is -2.49. The average Bonchev–Trinajstić information content (AvgIpc) is 3.29. The lowest BCUT2D eigenvalue weighted by molar-refractivity contribution is -0.688. The number of carboxylic acids is 2. The summed E-state index contributed by atoms with van der Waals surface area (Å²) in [5.74, 6) is -3.97. The van der Waals surface area contributed by atoms with Crippen molar-refractivity contribution < 1.29 is 38.8 Å². The van der Waals surface area contributed by atoms with Crippen molar-refractivity contribution in [2.24, 2.45) is 5.16 Å². The van der Waals surface area contributed by atoms with Gasteiger partial charge in [-0.25, -0.2) is 14.6 Å². The second kappa shape index (κ2) is 13.4. The first-order valence-electron chi connectivity index (χ1n) is 12.7. The van der Waals surface area contributed by atoms with Crippen molar-refractivity contribution in [3.63, 3.8) is 0 Å². The maximum Gasteiger partial charge on any atom is 0.352 e. The van der Waals surface area contributed by atoms with Crippen LogP contribution >= 0.6 is 34.7 Å². The van der Waals surface area contributed by atoms with Gasteiger partial charge in [0.1, 0.15) is 32.8 Å². The van der Waals surface area contributed by atoms with Crippen LogP contribution in [0.15, 0.2) is 34.9 Å². The highest BCUT2D eigenvalue weighted by molar-refractivity contribution is 8.00. The smallest absolute Gasteiger partial charge is 0.352 e. The van der Waals surface area contributed by atoms with Crippen LogP contribution in [-0.2, 0) is 30.6 Å². The van der Waals surface area contributed by atoms with Crippen molar-refractivity contribution in [2.75, 3.05) is 42.7 Å². The van der Waals surface area contributed by atoms with Crippen molar-refractivity contribution in [3.8, 4) is 0 Å². The van der Waals surface area contributed by atoms with Gasteiger partial charge in [0.2, 0.25) is 6.10 Å². The molecule has 3 atom stereocenters. The number of rotatable bonds is 13. The molecule has 0 radical (unpaired) electrons. The van der Waals surface area contributed by atoms with Crippen molar-refractivity contribution in [1.29, 1.82) is 0 Å². The first-order valence-corrected chi connectivity index (χ1v) is 14.9. The van der Waals surface area contributed by atoms with Crippen LogP contribution in [0.3, 0.4) is 0 Å². The molecule has 2 aromatic heterocycles. The maximum absolute atomic E-state index is 13.2. The highest BCUT2D eigenvalue weighted by Crippen LogP contribution is 2.40. The molecule has 0 aromatic carbocycles. The van der Waals surface area contributed by atoms with E-state index in [2.05, 4.69) is 26.1 Å². The Morgan fingerprint density at radius 3 is 2.67 bits per heavy atom. The van der Waals surface area contributed by atoms with Gasteiger partial charge in [-0.15, -0.1) is 11.8 Å². The summed E-state index contributed by atoms with van der Waals surface area (Å²) in [4.78, 5) is 59.9. The summed E-state index contributed by atoms with van der Waals surface area (Å²) < 4.78 is 1.72. The van der Waals surface area contributed by atoms with Gasteiger partial charge in [0.05, 0.1) is 5.69 Å². The molecule has 0 saturated carbocycles. The Labute approximate surface area is 258 Å². The number of thioether (sulfide) groups is 1. The quantitative estimate of drug-likeness (QED) is 0.0475. The maximum atomic E-state index is 13.2. The highest BCUT2D eigenvalue weighted by Gasteiger charge is 2.55. The van der Waals surface area contributed by atoms with Crippen LogP contribution < -0.4 is 32.0 Å². The molecule has 4 rings (SSSR count). The van der Waals surface area contributed by atoms with Crippen LogP contribution in [0.25, 0.3) is 0 Å². The largest absolute Gasteiger partial charge is 0.478 e. The van der Waals surface area contributed by atoms with Crippen molar-refractivity contribution in [3.05, 3.63) is 39.8 Å². The number of thiazole rings is 1. The molecule has 2 amide bonds. The fraction of sp³-hybridized carbons (Fsp3) is 0.375. The van der Waals surface area contributed by atoms with Crippen molar-refractivity contribution in [2.45, 2.75) is 31.0 Å². The van der Waals surface area contributed by atoms with Gasteiger partial charge in [-0.05, 0) is 14.0 Å². The van der Waals surface area contributed by atoms with Gasteiger partial charge < -0.3 is 42.5 Å². The van der Waals surface area contributed by atoms with E-state index in [1.165, 1.54) is 18.7 Å². The first kappa shape index (κ1) is 31.8. The zero-order valence-corrected chi connectivity index (χ0v) is 25.3. The van der Waals surface area contributed by atoms with E-state index in [0.29, 0.717) is 17.8 Å². The molecule has 230 valence electrons. The molecular formula is C24H29ClN9O7S2+. The lowest BCUT2D eigenvalue weighted by Crippen LogP contribution is -2.71. The fourth-order valence-electron chi connectivity index (χ4n) is 4.21. The molecule has 0 spiro atoms. The number of hydrogen-bond acceptors (Lipinski definition) is 13. The molecular weight excluding hydrogens is 626 g/mol. The van der Waals surface area contributed by atoms with Crippen LogP contribution in [0.2, 0.25) is 4.34 Å². The third-order valence-electron chi connectivity index (χ3n) is 6.34. The van der Waals surface area contributed by atoms with Crippen molar-refractivity contribution in [1.82, 2.24) is 20.5 Å². The number of oxime groups is 1. The summed E-state index contributed by atoms with van der Waals surface area (Å²) in [5, 5.41) is 30.8. The summed E-state index contributed by atoms with van der Waals surface area (Å²) in [6.07, 6.45) is 2.02. The number of carboxylic acid groups (broad SMARTS) is 2. The van der Waals surface area contributed by atoms with Crippen LogP contribution in [0, 0.1) is 0 Å². The van der Waals surface area contributed by atoms with E-state index < -0.39 is 47.0 Å². The van der Waals surface area contributed by atoms with Gasteiger partial charge in [-0.1, -0.05) is 28.1 Å². The summed E-state index contributed by atoms with van der Waals surface area (Å²) in [7, 11) is 1.84. The highest BCUT2D eigenvalue weighted by atomic mass is 35.5. The number of halogens is 1. The average molecular weight is 655 g/mol. The molecule has 0 aliphatic carbocycles. The predicted octanol–water partition coefficient (Wildman–Crippen LogP) is -0.488. The number of hydrogen-bond donors (Lipinski definition) is 7. The Kier molecular flexibility index (Phi) is 9.95. The number of β-lactam (4-membered cyclic amide) rings is 1.